The van der Waals surface area contributed by atoms with Crippen LogP contribution >= 0.6 is 22.9 Å². The highest BCUT2D eigenvalue weighted by atomic mass is 35.5. The highest BCUT2D eigenvalue weighted by molar-refractivity contribution is 7.23. The molecule has 0 saturated carbocycles. The summed E-state index contributed by atoms with van der Waals surface area (Å²) in [4.78, 5) is 4.67. The van der Waals surface area contributed by atoms with Crippen LogP contribution < -0.4 is 0 Å². The second kappa shape index (κ2) is 8.58. The Morgan fingerprint density at radius 3 is 2.25 bits per heavy atom. The standard InChI is InChI=1S/C33H26ClNS/c1-20(22-10-6-5-7-11-22)31-27-18-23(15-17-30(27)36-32(31)35-21(2)34)24-14-16-26-25-12-8-9-13-28(25)33(3,4)29(26)19-24/h5-19H,1H2,2-4H3/b35-21+. The Hall–Kier alpha value is -3.46. The lowest BCUT2D eigenvalue weighted by atomic mass is 9.81. The van der Waals surface area contributed by atoms with E-state index >= 15 is 0 Å². The fourth-order valence-electron chi connectivity index (χ4n) is 5.44. The van der Waals surface area contributed by atoms with Crippen LogP contribution in [0.15, 0.2) is 103 Å². The summed E-state index contributed by atoms with van der Waals surface area (Å²) >= 11 is 7.89. The van der Waals surface area contributed by atoms with E-state index in [1.54, 1.807) is 11.3 Å². The van der Waals surface area contributed by atoms with Crippen molar-refractivity contribution in [2.75, 3.05) is 0 Å². The molecule has 6 rings (SSSR count). The number of halogens is 1. The van der Waals surface area contributed by atoms with Gasteiger partial charge in [-0.25, -0.2) is 4.99 Å². The maximum Gasteiger partial charge on any atom is 0.126 e. The van der Waals surface area contributed by atoms with E-state index in [0.29, 0.717) is 5.17 Å². The minimum absolute atomic E-state index is 0.0269. The first-order chi connectivity index (χ1) is 17.3. The summed E-state index contributed by atoms with van der Waals surface area (Å²) < 4.78 is 1.18. The third kappa shape index (κ3) is 3.64. The molecule has 0 fully saturated rings. The number of fused-ring (bicyclic) bond motifs is 4. The Morgan fingerprint density at radius 1 is 0.806 bits per heavy atom. The molecule has 1 aliphatic carbocycles. The molecule has 5 aromatic rings. The summed E-state index contributed by atoms with van der Waals surface area (Å²) in [5, 5.41) is 2.57. The van der Waals surface area contributed by atoms with Crippen LogP contribution in [0.2, 0.25) is 0 Å². The minimum atomic E-state index is -0.0269. The van der Waals surface area contributed by atoms with Crippen molar-refractivity contribution in [3.05, 3.63) is 120 Å². The van der Waals surface area contributed by atoms with Gasteiger partial charge in [0.2, 0.25) is 0 Å². The number of benzene rings is 4. The monoisotopic (exact) mass is 503 g/mol. The summed E-state index contributed by atoms with van der Waals surface area (Å²) in [6.07, 6.45) is 0. The van der Waals surface area contributed by atoms with Crippen molar-refractivity contribution in [2.24, 2.45) is 4.99 Å². The normalized spacial score (nSPS) is 14.1. The van der Waals surface area contributed by atoms with Gasteiger partial charge in [-0.05, 0) is 69.6 Å². The Kier molecular flexibility index (Phi) is 5.48. The van der Waals surface area contributed by atoms with Crippen LogP contribution in [0.5, 0.6) is 0 Å². The fraction of sp³-hybridized carbons (Fsp3) is 0.121. The van der Waals surface area contributed by atoms with Gasteiger partial charge in [0, 0.05) is 21.1 Å². The van der Waals surface area contributed by atoms with Gasteiger partial charge >= 0.3 is 0 Å². The quantitative estimate of drug-likeness (QED) is 0.216. The zero-order valence-corrected chi connectivity index (χ0v) is 22.2. The Bertz CT molecular complexity index is 1680. The van der Waals surface area contributed by atoms with Gasteiger partial charge in [0.1, 0.15) is 10.2 Å². The molecule has 0 bridgehead atoms. The number of hydrogen-bond donors (Lipinski definition) is 0. The largest absolute Gasteiger partial charge is 0.230 e. The number of thiophene rings is 1. The highest BCUT2D eigenvalue weighted by Crippen LogP contribution is 2.50. The van der Waals surface area contributed by atoms with Crippen LogP contribution in [0.25, 0.3) is 37.9 Å². The van der Waals surface area contributed by atoms with Crippen molar-refractivity contribution in [1.82, 2.24) is 0 Å². The van der Waals surface area contributed by atoms with E-state index in [2.05, 4.69) is 98.2 Å². The first-order valence-corrected chi connectivity index (χ1v) is 13.3. The minimum Gasteiger partial charge on any atom is -0.230 e. The molecule has 0 atom stereocenters. The molecule has 0 unspecified atom stereocenters. The van der Waals surface area contributed by atoms with Gasteiger partial charge in [-0.3, -0.25) is 0 Å². The first kappa shape index (κ1) is 23.0. The third-order valence-electron chi connectivity index (χ3n) is 7.27. The summed E-state index contributed by atoms with van der Waals surface area (Å²) in [7, 11) is 0. The Balaban J connectivity index is 1.52. The topological polar surface area (TPSA) is 12.4 Å². The molecule has 0 saturated heterocycles. The molecule has 3 heteroatoms. The maximum absolute atomic E-state index is 6.24. The fourth-order valence-corrected chi connectivity index (χ4v) is 6.71. The lowest BCUT2D eigenvalue weighted by molar-refractivity contribution is 0.660. The van der Waals surface area contributed by atoms with Crippen molar-refractivity contribution in [3.8, 4) is 22.3 Å². The number of rotatable bonds is 4. The molecule has 36 heavy (non-hydrogen) atoms. The summed E-state index contributed by atoms with van der Waals surface area (Å²) in [5.74, 6) is 0. The predicted molar refractivity (Wildman–Crippen MR) is 158 cm³/mol. The van der Waals surface area contributed by atoms with E-state index in [4.69, 9.17) is 11.6 Å². The van der Waals surface area contributed by atoms with Gasteiger partial charge in [-0.15, -0.1) is 11.3 Å². The zero-order valence-electron chi connectivity index (χ0n) is 20.6. The van der Waals surface area contributed by atoms with Crippen molar-refractivity contribution < 1.29 is 0 Å². The van der Waals surface area contributed by atoms with Gasteiger partial charge in [0.15, 0.2) is 0 Å². The molecule has 1 aliphatic rings. The SMILES string of the molecule is C=C(c1ccccc1)c1c(/N=C(\C)Cl)sc2ccc(-c3ccc4c(c3)C(C)(C)c3ccccc3-4)cc12. The molecule has 0 aliphatic heterocycles. The molecule has 0 N–H and O–H groups in total. The number of nitrogens with zero attached hydrogens (tertiary/aromatic N) is 1. The van der Waals surface area contributed by atoms with E-state index in [1.165, 1.54) is 38.1 Å². The highest BCUT2D eigenvalue weighted by Gasteiger charge is 2.35. The smallest absolute Gasteiger partial charge is 0.126 e. The van der Waals surface area contributed by atoms with E-state index in [1.807, 2.05) is 25.1 Å². The summed E-state index contributed by atoms with van der Waals surface area (Å²) in [6, 6.07) is 32.7. The second-order valence-electron chi connectivity index (χ2n) is 9.88. The molecule has 1 heterocycles. The lowest BCUT2D eigenvalue weighted by Crippen LogP contribution is -2.14. The lowest BCUT2D eigenvalue weighted by Gasteiger charge is -2.22. The van der Waals surface area contributed by atoms with Crippen LogP contribution in [0, 0.1) is 0 Å². The molecule has 0 spiro atoms. The molecular formula is C33H26ClNS. The Labute approximate surface area is 221 Å². The zero-order chi connectivity index (χ0) is 25.0. The summed E-state index contributed by atoms with van der Waals surface area (Å²) in [5.41, 5.74) is 10.9. The maximum atomic E-state index is 6.24. The van der Waals surface area contributed by atoms with Crippen LogP contribution in [0.3, 0.4) is 0 Å². The predicted octanol–water partition coefficient (Wildman–Crippen LogP) is 10.2. The second-order valence-corrected chi connectivity index (χ2v) is 11.5. The molecule has 1 nitrogen and oxygen atoms in total. The van der Waals surface area contributed by atoms with Gasteiger partial charge in [-0.1, -0.05) is 105 Å². The molecule has 176 valence electrons. The molecule has 0 amide bonds. The van der Waals surface area contributed by atoms with E-state index in [0.717, 1.165) is 27.1 Å². The molecule has 4 aromatic carbocycles. The third-order valence-corrected chi connectivity index (χ3v) is 8.42. The van der Waals surface area contributed by atoms with Crippen LogP contribution in [0.1, 0.15) is 43.0 Å². The van der Waals surface area contributed by atoms with E-state index in [-0.39, 0.29) is 5.41 Å². The molecule has 0 radical (unpaired) electrons. The van der Waals surface area contributed by atoms with Gasteiger partial charge < -0.3 is 0 Å². The van der Waals surface area contributed by atoms with E-state index in [9.17, 15) is 0 Å². The number of hydrogen-bond acceptors (Lipinski definition) is 2. The average molecular weight is 504 g/mol. The van der Waals surface area contributed by atoms with Gasteiger partial charge in [0.25, 0.3) is 0 Å². The van der Waals surface area contributed by atoms with Crippen LogP contribution in [-0.4, -0.2) is 5.17 Å². The van der Waals surface area contributed by atoms with E-state index < -0.39 is 0 Å². The molecule has 1 aromatic heterocycles. The first-order valence-electron chi connectivity index (χ1n) is 12.1. The summed E-state index contributed by atoms with van der Waals surface area (Å²) in [6.45, 7) is 10.9. The van der Waals surface area contributed by atoms with Crippen molar-refractivity contribution in [2.45, 2.75) is 26.2 Å². The van der Waals surface area contributed by atoms with Crippen molar-refractivity contribution >= 4 is 48.8 Å². The Morgan fingerprint density at radius 2 is 1.47 bits per heavy atom. The van der Waals surface area contributed by atoms with Gasteiger partial charge in [-0.2, -0.15) is 0 Å². The van der Waals surface area contributed by atoms with Crippen molar-refractivity contribution in [3.63, 3.8) is 0 Å². The van der Waals surface area contributed by atoms with Crippen molar-refractivity contribution in [1.29, 1.82) is 0 Å². The number of aliphatic imine (C=N–C) groups is 1. The van der Waals surface area contributed by atoms with Crippen LogP contribution in [0.4, 0.5) is 5.00 Å². The van der Waals surface area contributed by atoms with Crippen LogP contribution in [-0.2, 0) is 5.41 Å². The molecular weight excluding hydrogens is 478 g/mol. The van der Waals surface area contributed by atoms with Gasteiger partial charge in [0.05, 0.1) is 0 Å². The average Bonchev–Trinajstić information content (AvgIpc) is 3.35.